The first-order valence-corrected chi connectivity index (χ1v) is 10.2. The molecule has 0 radical (unpaired) electrons. The highest BCUT2D eigenvalue weighted by molar-refractivity contribution is 7.90. The molecule has 0 amide bonds. The third kappa shape index (κ3) is 3.94. The zero-order chi connectivity index (χ0) is 23.2. The first-order valence-electron chi connectivity index (χ1n) is 9.00. The van der Waals surface area contributed by atoms with E-state index in [4.69, 9.17) is 4.11 Å². The number of alkyl halides is 3. The summed E-state index contributed by atoms with van der Waals surface area (Å²) in [7, 11) is -3.66. The highest BCUT2D eigenvalue weighted by Gasteiger charge is 2.31. The molecule has 0 bridgehead atoms. The van der Waals surface area contributed by atoms with E-state index in [0.717, 1.165) is 35.9 Å². The Labute approximate surface area is 166 Å². The van der Waals surface area contributed by atoms with E-state index < -0.39 is 34.3 Å². The molecule has 0 saturated carbocycles. The molecule has 0 aliphatic rings. The summed E-state index contributed by atoms with van der Waals surface area (Å²) in [6.45, 7) is -2.62. The van der Waals surface area contributed by atoms with Crippen molar-refractivity contribution in [1.82, 2.24) is 9.97 Å². The molecular weight excluding hydrogens is 415 g/mol. The Morgan fingerprint density at radius 1 is 1.18 bits per heavy atom. The molecule has 0 unspecified atom stereocenters. The van der Waals surface area contributed by atoms with Crippen LogP contribution in [0.3, 0.4) is 0 Å². The fourth-order valence-corrected chi connectivity index (χ4v) is 3.89. The zero-order valence-electron chi connectivity index (χ0n) is 17.1. The van der Waals surface area contributed by atoms with Gasteiger partial charge < -0.3 is 10.4 Å². The average Bonchev–Trinajstić information content (AvgIpc) is 3.08. The molecule has 3 rings (SSSR count). The molecular formula is C17H14F3N3O3S2. The minimum Gasteiger partial charge on any atom is -0.507 e. The van der Waals surface area contributed by atoms with Crippen molar-refractivity contribution in [1.29, 1.82) is 0 Å². The summed E-state index contributed by atoms with van der Waals surface area (Å²) in [5, 5.41) is 12.4. The van der Waals surface area contributed by atoms with Crippen molar-refractivity contribution in [2.24, 2.45) is 0 Å². The predicted molar refractivity (Wildman–Crippen MR) is 100 cm³/mol. The van der Waals surface area contributed by atoms with E-state index in [1.54, 1.807) is 0 Å². The topological polar surface area (TPSA) is 92.2 Å². The molecule has 2 heterocycles. The maximum atomic E-state index is 12.8. The van der Waals surface area contributed by atoms with Gasteiger partial charge in [0, 0.05) is 35.3 Å². The van der Waals surface area contributed by atoms with Crippen LogP contribution in [0.1, 0.15) is 9.68 Å². The number of hydrogen-bond donors (Lipinski definition) is 2. The highest BCUT2D eigenvalue weighted by Crippen LogP contribution is 2.40. The number of anilines is 1. The van der Waals surface area contributed by atoms with Crippen LogP contribution in [-0.2, 0) is 16.0 Å². The Balaban J connectivity index is 2.09. The van der Waals surface area contributed by atoms with E-state index >= 15 is 0 Å². The van der Waals surface area contributed by atoms with Crippen LogP contribution < -0.4 is 5.32 Å². The lowest BCUT2D eigenvalue weighted by atomic mass is 10.1. The van der Waals surface area contributed by atoms with Gasteiger partial charge in [0.15, 0.2) is 9.84 Å². The maximum absolute atomic E-state index is 12.8. The summed E-state index contributed by atoms with van der Waals surface area (Å²) in [4.78, 5) is 8.11. The second kappa shape index (κ2) is 7.06. The molecule has 0 fully saturated rings. The van der Waals surface area contributed by atoms with Crippen LogP contribution in [0.2, 0.25) is 0 Å². The molecule has 2 aromatic heterocycles. The van der Waals surface area contributed by atoms with Gasteiger partial charge in [0.2, 0.25) is 0 Å². The number of sulfone groups is 1. The number of phenolic OH excluding ortho intramolecular Hbond substituents is 1. The van der Waals surface area contributed by atoms with Crippen molar-refractivity contribution in [3.05, 3.63) is 42.2 Å². The van der Waals surface area contributed by atoms with E-state index in [2.05, 4.69) is 15.3 Å². The van der Waals surface area contributed by atoms with Gasteiger partial charge in [-0.2, -0.15) is 13.2 Å². The normalized spacial score (nSPS) is 14.2. The SMILES string of the molecule is [2H]C([2H])([2H])Nc1ncc(S(C)(=O)=O)cc1-c1cnc(-c2ccc(C(F)(F)F)cc2O)s1. The molecule has 3 aromatic rings. The molecule has 6 nitrogen and oxygen atoms in total. The molecule has 2 N–H and O–H groups in total. The van der Waals surface area contributed by atoms with Gasteiger partial charge >= 0.3 is 6.18 Å². The van der Waals surface area contributed by atoms with Crippen molar-refractivity contribution in [2.75, 3.05) is 18.5 Å². The Morgan fingerprint density at radius 2 is 1.93 bits per heavy atom. The summed E-state index contributed by atoms with van der Waals surface area (Å²) < 4.78 is 84.3. The van der Waals surface area contributed by atoms with Gasteiger partial charge in [-0.15, -0.1) is 11.3 Å². The number of hydrogen-bond acceptors (Lipinski definition) is 7. The number of phenols is 1. The number of halogens is 3. The molecule has 148 valence electrons. The van der Waals surface area contributed by atoms with Crippen LogP contribution in [0.15, 0.2) is 41.6 Å². The summed E-state index contributed by atoms with van der Waals surface area (Å²) >= 11 is 0.915. The second-order valence-corrected chi connectivity index (χ2v) is 8.77. The number of benzene rings is 1. The van der Waals surface area contributed by atoms with Crippen molar-refractivity contribution in [2.45, 2.75) is 11.1 Å². The van der Waals surface area contributed by atoms with Gasteiger partial charge in [0.25, 0.3) is 0 Å². The Morgan fingerprint density at radius 3 is 2.54 bits per heavy atom. The number of pyridine rings is 1. The lowest BCUT2D eigenvalue weighted by molar-refractivity contribution is -0.137. The number of aromatic hydroxyl groups is 1. The second-order valence-electron chi connectivity index (χ2n) is 5.72. The van der Waals surface area contributed by atoms with E-state index in [1.165, 1.54) is 12.3 Å². The van der Waals surface area contributed by atoms with E-state index in [1.807, 2.05) is 0 Å². The molecule has 0 aliphatic carbocycles. The largest absolute Gasteiger partial charge is 0.507 e. The third-order valence-corrected chi connectivity index (χ3v) is 5.88. The highest BCUT2D eigenvalue weighted by atomic mass is 32.2. The average molecular weight is 432 g/mol. The van der Waals surface area contributed by atoms with Gasteiger partial charge in [0.05, 0.1) is 20.9 Å². The Bertz CT molecular complexity index is 1240. The van der Waals surface area contributed by atoms with Gasteiger partial charge in [-0.05, 0) is 24.3 Å². The predicted octanol–water partition coefficient (Wildman–Crippen LogP) is 4.04. The summed E-state index contributed by atoms with van der Waals surface area (Å²) in [5.74, 6) is -0.765. The van der Waals surface area contributed by atoms with Gasteiger partial charge in [0.1, 0.15) is 16.6 Å². The van der Waals surface area contributed by atoms with Crippen molar-refractivity contribution in [3.63, 3.8) is 0 Å². The number of nitrogens with one attached hydrogen (secondary N) is 1. The van der Waals surface area contributed by atoms with Crippen LogP contribution in [-0.4, -0.2) is 36.7 Å². The van der Waals surface area contributed by atoms with Crippen molar-refractivity contribution < 1.29 is 30.8 Å². The summed E-state index contributed by atoms with van der Waals surface area (Å²) in [6, 6.07) is 3.65. The standard InChI is InChI=1S/C17H14F3N3O3S2/c1-21-15-12(6-10(7-22-15)28(2,25)26)14-8-23-16(27-14)11-4-3-9(5-13(11)24)17(18,19)20/h3-8,24H,1-2H3,(H,21,22)/i1D3. The summed E-state index contributed by atoms with van der Waals surface area (Å²) in [6.07, 6.45) is -1.37. The minimum atomic E-state index is -4.63. The minimum absolute atomic E-state index is 0.0295. The molecule has 28 heavy (non-hydrogen) atoms. The third-order valence-electron chi connectivity index (χ3n) is 3.74. The first kappa shape index (κ1) is 16.3. The van der Waals surface area contributed by atoms with Crippen molar-refractivity contribution in [3.8, 4) is 26.8 Å². The molecule has 0 atom stereocenters. The van der Waals surface area contributed by atoms with E-state index in [9.17, 15) is 26.7 Å². The fraction of sp³-hybridized carbons (Fsp3) is 0.176. The van der Waals surface area contributed by atoms with Crippen LogP contribution in [0, 0.1) is 0 Å². The van der Waals surface area contributed by atoms with Gasteiger partial charge in [-0.1, -0.05) is 0 Å². The lowest BCUT2D eigenvalue weighted by Gasteiger charge is -2.09. The van der Waals surface area contributed by atoms with E-state index in [-0.39, 0.29) is 26.8 Å². The number of rotatable bonds is 4. The quantitative estimate of drug-likeness (QED) is 0.647. The number of thiazole rings is 1. The number of aromatic nitrogens is 2. The fourth-order valence-electron chi connectivity index (χ4n) is 2.35. The van der Waals surface area contributed by atoms with Crippen LogP contribution in [0.4, 0.5) is 19.0 Å². The molecule has 0 aliphatic heterocycles. The van der Waals surface area contributed by atoms with Gasteiger partial charge in [-0.3, -0.25) is 0 Å². The first-order chi connectivity index (χ1) is 14.1. The molecule has 0 saturated heterocycles. The Kier molecular flexibility index (Phi) is 4.11. The van der Waals surface area contributed by atoms with Crippen LogP contribution in [0.25, 0.3) is 21.0 Å². The molecule has 0 spiro atoms. The monoisotopic (exact) mass is 432 g/mol. The zero-order valence-corrected chi connectivity index (χ0v) is 15.7. The number of nitrogens with zero attached hydrogens (tertiary/aromatic N) is 2. The van der Waals surface area contributed by atoms with Crippen LogP contribution >= 0.6 is 11.3 Å². The lowest BCUT2D eigenvalue weighted by Crippen LogP contribution is -2.04. The van der Waals surface area contributed by atoms with E-state index in [0.29, 0.717) is 10.9 Å². The smallest absolute Gasteiger partial charge is 0.416 e. The van der Waals surface area contributed by atoms with Crippen molar-refractivity contribution >= 4 is 27.0 Å². The maximum Gasteiger partial charge on any atom is 0.416 e. The van der Waals surface area contributed by atoms with Gasteiger partial charge in [-0.25, -0.2) is 18.4 Å². The summed E-state index contributed by atoms with van der Waals surface area (Å²) in [5.41, 5.74) is -0.879. The molecule has 11 heteroatoms. The van der Waals surface area contributed by atoms with Crippen LogP contribution in [0.5, 0.6) is 5.75 Å². The Hall–Kier alpha value is -2.66. The molecule has 1 aromatic carbocycles.